The second-order valence-electron chi connectivity index (χ2n) is 8.15. The van der Waals surface area contributed by atoms with E-state index in [1.807, 2.05) is 13.8 Å². The Morgan fingerprint density at radius 3 is 1.82 bits per heavy atom. The number of carboxylic acids is 1. The molecule has 33 heavy (non-hydrogen) atoms. The molecule has 8 heteroatoms. The minimum Gasteiger partial charge on any atom is -0.506 e. The van der Waals surface area contributed by atoms with Gasteiger partial charge in [0.25, 0.3) is 0 Å². The van der Waals surface area contributed by atoms with Crippen LogP contribution in [0.5, 0.6) is 11.5 Å². The smallest absolute Gasteiger partial charge is 0.340 e. The first kappa shape index (κ1) is 23.3. The molecule has 3 aromatic rings. The highest BCUT2D eigenvalue weighted by atomic mass is 79.9. The number of ether oxygens (including phenoxy) is 1. The van der Waals surface area contributed by atoms with Crippen molar-refractivity contribution >= 4 is 43.8 Å². The number of carbonyl (C=O) groups excluding carboxylic acids is 1. The Morgan fingerprint density at radius 2 is 1.36 bits per heavy atom. The van der Waals surface area contributed by atoms with Crippen LogP contribution < -0.4 is 0 Å². The van der Waals surface area contributed by atoms with Crippen LogP contribution in [0.15, 0.2) is 39.3 Å². The van der Waals surface area contributed by atoms with Gasteiger partial charge in [0.2, 0.25) is 0 Å². The first-order valence-electron chi connectivity index (χ1n) is 10.0. The number of cyclic esters (lactones) is 1. The van der Waals surface area contributed by atoms with Gasteiger partial charge in [-0.2, -0.15) is 0 Å². The fraction of sp³-hybridized carbons (Fsp3) is 0.200. The van der Waals surface area contributed by atoms with E-state index in [9.17, 15) is 24.9 Å². The Labute approximate surface area is 207 Å². The van der Waals surface area contributed by atoms with Crippen LogP contribution >= 0.6 is 31.9 Å². The van der Waals surface area contributed by atoms with E-state index in [0.717, 1.165) is 11.1 Å². The molecule has 0 saturated heterocycles. The molecule has 6 nitrogen and oxygen atoms in total. The lowest BCUT2D eigenvalue weighted by molar-refractivity contribution is 0.0229. The second kappa shape index (κ2) is 7.88. The number of aromatic carboxylic acids is 1. The van der Waals surface area contributed by atoms with Crippen LogP contribution in [0.25, 0.3) is 0 Å². The molecule has 3 aromatic carbocycles. The Hall–Kier alpha value is -2.84. The Bertz CT molecular complexity index is 1260. The van der Waals surface area contributed by atoms with Crippen molar-refractivity contribution in [1.82, 2.24) is 0 Å². The summed E-state index contributed by atoms with van der Waals surface area (Å²) in [6.45, 7) is 7.17. The van der Waals surface area contributed by atoms with Gasteiger partial charge in [-0.25, -0.2) is 9.59 Å². The molecule has 1 aliphatic heterocycles. The van der Waals surface area contributed by atoms with Crippen LogP contribution in [0, 0.1) is 27.7 Å². The van der Waals surface area contributed by atoms with Gasteiger partial charge in [-0.05, 0) is 106 Å². The second-order valence-corrected chi connectivity index (χ2v) is 9.86. The predicted octanol–water partition coefficient (Wildman–Crippen LogP) is 6.02. The summed E-state index contributed by atoms with van der Waals surface area (Å²) in [5, 5.41) is 32.6. The standard InChI is InChI=1S/C25H20Br2O6/c1-10-8-16(26)21(28)18(12(10)3)25(19-13(4)11(2)9-17(27)22(19)29)20-14(23(30)31)6-5-7-15(20)24(32)33-25/h5-9,28-29H,1-4H3,(H,30,31). The molecule has 0 unspecified atom stereocenters. The third-order valence-corrected chi connectivity index (χ3v) is 7.57. The minimum absolute atomic E-state index is 0.0581. The van der Waals surface area contributed by atoms with Crippen molar-refractivity contribution in [2.75, 3.05) is 0 Å². The Kier molecular flexibility index (Phi) is 5.57. The molecule has 1 heterocycles. The number of carboxylic acid groups (broad SMARTS) is 1. The zero-order chi connectivity index (χ0) is 24.4. The number of benzene rings is 3. The average Bonchev–Trinajstić information content (AvgIpc) is 3.04. The number of phenolic OH excluding ortho intramolecular Hbond substituents is 2. The summed E-state index contributed by atoms with van der Waals surface area (Å²) in [6.07, 6.45) is 0. The van der Waals surface area contributed by atoms with Gasteiger partial charge in [0.15, 0.2) is 5.60 Å². The Balaban J connectivity index is 2.36. The van der Waals surface area contributed by atoms with Crippen molar-refractivity contribution in [3.05, 3.63) is 89.3 Å². The van der Waals surface area contributed by atoms with Crippen molar-refractivity contribution < 1.29 is 29.6 Å². The van der Waals surface area contributed by atoms with Gasteiger partial charge in [0.05, 0.1) is 31.2 Å². The highest BCUT2D eigenvalue weighted by Crippen LogP contribution is 2.57. The minimum atomic E-state index is -1.91. The summed E-state index contributed by atoms with van der Waals surface area (Å²) in [7, 11) is 0. The number of fused-ring (bicyclic) bond motifs is 1. The molecule has 0 saturated carbocycles. The maximum Gasteiger partial charge on any atom is 0.340 e. The van der Waals surface area contributed by atoms with E-state index in [-0.39, 0.29) is 39.3 Å². The van der Waals surface area contributed by atoms with Gasteiger partial charge >= 0.3 is 11.9 Å². The van der Waals surface area contributed by atoms with Crippen molar-refractivity contribution in [3.8, 4) is 11.5 Å². The number of aryl methyl sites for hydroxylation is 2. The van der Waals surface area contributed by atoms with Crippen molar-refractivity contribution in [1.29, 1.82) is 0 Å². The fourth-order valence-corrected chi connectivity index (χ4v) is 5.67. The fourth-order valence-electron chi connectivity index (χ4n) is 4.59. The molecule has 0 bridgehead atoms. The van der Waals surface area contributed by atoms with E-state index in [1.165, 1.54) is 18.2 Å². The number of phenols is 2. The number of aromatic hydroxyl groups is 2. The maximum atomic E-state index is 13.2. The first-order chi connectivity index (χ1) is 15.4. The van der Waals surface area contributed by atoms with E-state index in [4.69, 9.17) is 4.74 Å². The third-order valence-electron chi connectivity index (χ3n) is 6.36. The molecule has 170 valence electrons. The lowest BCUT2D eigenvalue weighted by Crippen LogP contribution is -2.34. The summed E-state index contributed by atoms with van der Waals surface area (Å²) in [4.78, 5) is 25.5. The van der Waals surface area contributed by atoms with Gasteiger partial charge in [-0.15, -0.1) is 0 Å². The van der Waals surface area contributed by atoms with E-state index < -0.39 is 17.5 Å². The number of hydrogen-bond acceptors (Lipinski definition) is 5. The van der Waals surface area contributed by atoms with Crippen LogP contribution in [0.1, 0.15) is 59.7 Å². The summed E-state index contributed by atoms with van der Waals surface area (Å²) >= 11 is 6.73. The summed E-state index contributed by atoms with van der Waals surface area (Å²) in [5.74, 6) is -2.44. The lowest BCUT2D eigenvalue weighted by Gasteiger charge is -2.35. The van der Waals surface area contributed by atoms with Crippen LogP contribution in [-0.4, -0.2) is 27.3 Å². The number of hydrogen-bond donors (Lipinski definition) is 3. The molecule has 1 aliphatic rings. The van der Waals surface area contributed by atoms with Gasteiger partial charge in [-0.1, -0.05) is 6.07 Å². The van der Waals surface area contributed by atoms with Crippen LogP contribution in [0.3, 0.4) is 0 Å². The predicted molar refractivity (Wildman–Crippen MR) is 129 cm³/mol. The highest BCUT2D eigenvalue weighted by Gasteiger charge is 2.55. The molecule has 4 rings (SSSR count). The summed E-state index contributed by atoms with van der Waals surface area (Å²) < 4.78 is 6.76. The molecule has 0 fully saturated rings. The lowest BCUT2D eigenvalue weighted by atomic mass is 9.73. The van der Waals surface area contributed by atoms with Crippen LogP contribution in [0.2, 0.25) is 0 Å². The van der Waals surface area contributed by atoms with Crippen molar-refractivity contribution in [2.24, 2.45) is 0 Å². The number of esters is 1. The summed E-state index contributed by atoms with van der Waals surface area (Å²) in [6, 6.07) is 7.78. The molecule has 0 aromatic heterocycles. The first-order valence-corrected chi connectivity index (χ1v) is 11.6. The van der Waals surface area contributed by atoms with Gasteiger partial charge < -0.3 is 20.1 Å². The molecule has 3 N–H and O–H groups in total. The van der Waals surface area contributed by atoms with E-state index in [2.05, 4.69) is 31.9 Å². The number of rotatable bonds is 3. The summed E-state index contributed by atoms with van der Waals surface area (Å²) in [5.41, 5.74) is 1.15. The van der Waals surface area contributed by atoms with E-state index >= 15 is 0 Å². The maximum absolute atomic E-state index is 13.2. The largest absolute Gasteiger partial charge is 0.506 e. The molecular formula is C25H20Br2O6. The molecule has 0 radical (unpaired) electrons. The van der Waals surface area contributed by atoms with Crippen molar-refractivity contribution in [2.45, 2.75) is 33.3 Å². The zero-order valence-electron chi connectivity index (χ0n) is 18.2. The highest BCUT2D eigenvalue weighted by molar-refractivity contribution is 9.10. The van der Waals surface area contributed by atoms with Gasteiger partial charge in [0, 0.05) is 5.56 Å². The van der Waals surface area contributed by atoms with E-state index in [0.29, 0.717) is 20.1 Å². The molecule has 0 aliphatic carbocycles. The van der Waals surface area contributed by atoms with Crippen LogP contribution in [0.4, 0.5) is 0 Å². The quantitative estimate of drug-likeness (QED) is 0.330. The molecule has 0 atom stereocenters. The SMILES string of the molecule is Cc1cc(Br)c(O)c(C2(c3c(C)c(C)cc(Br)c3O)OC(=O)c3cccc(C(=O)O)c32)c1C. The number of carbonyl (C=O) groups is 2. The monoisotopic (exact) mass is 574 g/mol. The molecule has 0 spiro atoms. The zero-order valence-corrected chi connectivity index (χ0v) is 21.4. The average molecular weight is 576 g/mol. The van der Waals surface area contributed by atoms with Gasteiger partial charge in [0.1, 0.15) is 11.5 Å². The topological polar surface area (TPSA) is 104 Å². The molecular weight excluding hydrogens is 556 g/mol. The van der Waals surface area contributed by atoms with E-state index in [1.54, 1.807) is 26.0 Å². The third kappa shape index (κ3) is 3.19. The van der Waals surface area contributed by atoms with Gasteiger partial charge in [-0.3, -0.25) is 0 Å². The van der Waals surface area contributed by atoms with Crippen molar-refractivity contribution in [3.63, 3.8) is 0 Å². The van der Waals surface area contributed by atoms with Crippen LogP contribution in [-0.2, 0) is 10.3 Å². The Morgan fingerprint density at radius 1 is 0.879 bits per heavy atom. The molecule has 0 amide bonds. The normalized spacial score (nSPS) is 14.2. The number of halogens is 2.